The molecule has 0 bridgehead atoms. The molecule has 2 aromatic carbocycles. The molecule has 0 aliphatic heterocycles. The molecule has 21 heavy (non-hydrogen) atoms. The number of aliphatic hydroxyl groups excluding tert-OH is 1. The number of rotatable bonds is 4. The first kappa shape index (κ1) is 15.2. The number of aryl methyl sites for hydroxylation is 2. The van der Waals surface area contributed by atoms with E-state index in [2.05, 4.69) is 37.8 Å². The summed E-state index contributed by atoms with van der Waals surface area (Å²) in [6.07, 6.45) is 0.492. The van der Waals surface area contributed by atoms with Gasteiger partial charge in [0.15, 0.2) is 0 Å². The summed E-state index contributed by atoms with van der Waals surface area (Å²) < 4.78 is 5.98. The molecule has 0 heterocycles. The Morgan fingerprint density at radius 1 is 1.00 bits per heavy atom. The molecule has 2 aromatic rings. The molecule has 0 aromatic heterocycles. The van der Waals surface area contributed by atoms with Gasteiger partial charge >= 0.3 is 0 Å². The predicted octanol–water partition coefficient (Wildman–Crippen LogP) is 3.62. The van der Waals surface area contributed by atoms with Gasteiger partial charge in [-0.3, -0.25) is 0 Å². The maximum Gasteiger partial charge on any atom is 0.125 e. The van der Waals surface area contributed by atoms with Crippen LogP contribution in [0.25, 0.3) is 0 Å². The zero-order valence-electron chi connectivity index (χ0n) is 12.5. The molecule has 0 atom stereocenters. The fourth-order valence-corrected chi connectivity index (χ4v) is 2.16. The summed E-state index contributed by atoms with van der Waals surface area (Å²) in [4.78, 5) is 0. The average molecular weight is 280 g/mol. The van der Waals surface area contributed by atoms with Gasteiger partial charge in [-0.25, -0.2) is 0 Å². The van der Waals surface area contributed by atoms with Crippen molar-refractivity contribution in [2.24, 2.45) is 0 Å². The third-order valence-corrected chi connectivity index (χ3v) is 3.26. The second kappa shape index (κ2) is 7.52. The molecule has 2 heteroatoms. The lowest BCUT2D eigenvalue weighted by Crippen LogP contribution is -2.01. The second-order valence-electron chi connectivity index (χ2n) is 4.94. The van der Waals surface area contributed by atoms with Crippen LogP contribution < -0.4 is 4.74 Å². The Labute approximate surface area is 126 Å². The first-order chi connectivity index (χ1) is 10.2. The number of ether oxygens (including phenoxy) is 1. The van der Waals surface area contributed by atoms with E-state index >= 15 is 0 Å². The number of hydrogen-bond acceptors (Lipinski definition) is 2. The van der Waals surface area contributed by atoms with Crippen LogP contribution in [-0.2, 0) is 6.61 Å². The molecule has 0 unspecified atom stereocenters. The van der Waals surface area contributed by atoms with Gasteiger partial charge in [-0.15, -0.1) is 0 Å². The van der Waals surface area contributed by atoms with Crippen molar-refractivity contribution in [2.45, 2.75) is 26.9 Å². The normalized spacial score (nSPS) is 9.86. The molecule has 0 spiro atoms. The third-order valence-electron chi connectivity index (χ3n) is 3.26. The molecule has 0 saturated heterocycles. The fourth-order valence-electron chi connectivity index (χ4n) is 2.16. The molecule has 2 rings (SSSR count). The van der Waals surface area contributed by atoms with Crippen LogP contribution in [0.2, 0.25) is 0 Å². The molecule has 0 saturated carbocycles. The highest BCUT2D eigenvalue weighted by Crippen LogP contribution is 2.23. The number of para-hydroxylation sites is 1. The Balaban J connectivity index is 2.16. The lowest BCUT2D eigenvalue weighted by molar-refractivity contribution is 0.301. The van der Waals surface area contributed by atoms with Gasteiger partial charge in [0.1, 0.15) is 12.4 Å². The first-order valence-electron chi connectivity index (χ1n) is 7.09. The minimum atomic E-state index is 0.0913. The Kier molecular flexibility index (Phi) is 5.43. The Bertz CT molecular complexity index is 643. The minimum absolute atomic E-state index is 0.0913. The Hall–Kier alpha value is -2.24. The molecule has 1 N–H and O–H groups in total. The van der Waals surface area contributed by atoms with Gasteiger partial charge in [0.2, 0.25) is 0 Å². The molecule has 0 fully saturated rings. The van der Waals surface area contributed by atoms with Crippen LogP contribution in [0.3, 0.4) is 0 Å². The van der Waals surface area contributed by atoms with Crippen LogP contribution in [0, 0.1) is 25.7 Å². The van der Waals surface area contributed by atoms with Gasteiger partial charge < -0.3 is 9.84 Å². The van der Waals surface area contributed by atoms with Crippen molar-refractivity contribution in [3.63, 3.8) is 0 Å². The summed E-state index contributed by atoms with van der Waals surface area (Å²) >= 11 is 0. The van der Waals surface area contributed by atoms with Crippen molar-refractivity contribution in [3.8, 4) is 17.6 Å². The topological polar surface area (TPSA) is 29.5 Å². The van der Waals surface area contributed by atoms with Gasteiger partial charge in [-0.2, -0.15) is 0 Å². The lowest BCUT2D eigenvalue weighted by Gasteiger charge is -2.12. The van der Waals surface area contributed by atoms with E-state index in [4.69, 9.17) is 9.84 Å². The van der Waals surface area contributed by atoms with Crippen LogP contribution >= 0.6 is 0 Å². The third kappa shape index (κ3) is 4.11. The molecule has 108 valence electrons. The minimum Gasteiger partial charge on any atom is -0.488 e. The molecule has 0 amide bonds. The highest BCUT2D eigenvalue weighted by Gasteiger charge is 2.05. The first-order valence-corrected chi connectivity index (χ1v) is 7.09. The van der Waals surface area contributed by atoms with Gasteiger partial charge in [-0.05, 0) is 31.0 Å². The monoisotopic (exact) mass is 280 g/mol. The summed E-state index contributed by atoms with van der Waals surface area (Å²) in [5.41, 5.74) is 4.29. The molecular weight excluding hydrogens is 260 g/mol. The van der Waals surface area contributed by atoms with Crippen molar-refractivity contribution in [2.75, 3.05) is 6.61 Å². The van der Waals surface area contributed by atoms with E-state index in [-0.39, 0.29) is 6.61 Å². The van der Waals surface area contributed by atoms with E-state index in [1.54, 1.807) is 0 Å². The van der Waals surface area contributed by atoms with Crippen molar-refractivity contribution >= 4 is 0 Å². The standard InChI is InChI=1S/C19H20O2/c1-15-8-7-9-16(2)19(15)21-14-18-12-4-3-10-17(18)11-5-6-13-20/h3-4,7-10,12,20H,6,13-14H2,1-2H3. The maximum absolute atomic E-state index is 8.80. The molecular formula is C19H20O2. The lowest BCUT2D eigenvalue weighted by atomic mass is 10.1. The highest BCUT2D eigenvalue weighted by atomic mass is 16.5. The van der Waals surface area contributed by atoms with Crippen LogP contribution in [-0.4, -0.2) is 11.7 Å². The zero-order chi connectivity index (χ0) is 15.1. The van der Waals surface area contributed by atoms with Crippen LogP contribution in [0.5, 0.6) is 5.75 Å². The van der Waals surface area contributed by atoms with E-state index in [1.807, 2.05) is 30.3 Å². The van der Waals surface area contributed by atoms with Crippen molar-refractivity contribution < 1.29 is 9.84 Å². The van der Waals surface area contributed by atoms with Crippen molar-refractivity contribution in [1.29, 1.82) is 0 Å². The van der Waals surface area contributed by atoms with Crippen molar-refractivity contribution in [1.82, 2.24) is 0 Å². The number of hydrogen-bond donors (Lipinski definition) is 1. The van der Waals surface area contributed by atoms with E-state index in [1.165, 1.54) is 0 Å². The van der Waals surface area contributed by atoms with Crippen molar-refractivity contribution in [3.05, 3.63) is 64.7 Å². The quantitative estimate of drug-likeness (QED) is 0.867. The molecule has 2 nitrogen and oxygen atoms in total. The predicted molar refractivity (Wildman–Crippen MR) is 85.3 cm³/mol. The SMILES string of the molecule is Cc1cccc(C)c1OCc1ccccc1C#CCCO. The van der Waals surface area contributed by atoms with E-state index in [0.717, 1.165) is 28.0 Å². The number of aliphatic hydroxyl groups is 1. The van der Waals surface area contributed by atoms with Crippen LogP contribution in [0.4, 0.5) is 0 Å². The van der Waals surface area contributed by atoms with Crippen LogP contribution in [0.15, 0.2) is 42.5 Å². The summed E-state index contributed by atoms with van der Waals surface area (Å²) in [6, 6.07) is 14.1. The van der Waals surface area contributed by atoms with E-state index in [9.17, 15) is 0 Å². The average Bonchev–Trinajstić information content (AvgIpc) is 2.48. The maximum atomic E-state index is 8.80. The smallest absolute Gasteiger partial charge is 0.125 e. The largest absolute Gasteiger partial charge is 0.488 e. The Morgan fingerprint density at radius 2 is 1.71 bits per heavy atom. The van der Waals surface area contributed by atoms with Gasteiger partial charge in [-0.1, -0.05) is 48.2 Å². The van der Waals surface area contributed by atoms with Gasteiger partial charge in [0.05, 0.1) is 6.61 Å². The fraction of sp³-hybridized carbons (Fsp3) is 0.263. The molecule has 0 aliphatic carbocycles. The summed E-state index contributed by atoms with van der Waals surface area (Å²) in [5.74, 6) is 6.99. The Morgan fingerprint density at radius 3 is 2.43 bits per heavy atom. The summed E-state index contributed by atoms with van der Waals surface area (Å²) in [7, 11) is 0. The highest BCUT2D eigenvalue weighted by molar-refractivity contribution is 5.43. The summed E-state index contributed by atoms with van der Waals surface area (Å²) in [5, 5.41) is 8.80. The van der Waals surface area contributed by atoms with Crippen LogP contribution in [0.1, 0.15) is 28.7 Å². The molecule has 0 radical (unpaired) electrons. The molecule has 0 aliphatic rings. The van der Waals surface area contributed by atoms with Gasteiger partial charge in [0, 0.05) is 17.5 Å². The summed E-state index contributed by atoms with van der Waals surface area (Å²) in [6.45, 7) is 4.69. The van der Waals surface area contributed by atoms with E-state index in [0.29, 0.717) is 13.0 Å². The zero-order valence-corrected chi connectivity index (χ0v) is 12.5. The number of benzene rings is 2. The van der Waals surface area contributed by atoms with Gasteiger partial charge in [0.25, 0.3) is 0 Å². The second-order valence-corrected chi connectivity index (χ2v) is 4.94. The van der Waals surface area contributed by atoms with E-state index < -0.39 is 0 Å².